The molecule has 1 aromatic carbocycles. The molecule has 0 fully saturated rings. The summed E-state index contributed by atoms with van der Waals surface area (Å²) in [6.45, 7) is 0.347. The van der Waals surface area contributed by atoms with Crippen molar-refractivity contribution in [2.75, 3.05) is 13.2 Å². The molecule has 72 valence electrons. The van der Waals surface area contributed by atoms with E-state index < -0.39 is 6.10 Å². The molecule has 0 heterocycles. The largest absolute Gasteiger partial charge is 0.508 e. The topological polar surface area (TPSA) is 75.7 Å². The van der Waals surface area contributed by atoms with Gasteiger partial charge in [0.1, 0.15) is 24.2 Å². The fourth-order valence-corrected chi connectivity index (χ4v) is 0.803. The van der Waals surface area contributed by atoms with Crippen LogP contribution in [0.5, 0.6) is 11.5 Å². The Hall–Kier alpha value is -1.26. The minimum absolute atomic E-state index is 0.168. The highest BCUT2D eigenvalue weighted by atomic mass is 16.5. The Bertz CT molecular complexity index is 248. The molecule has 0 saturated carbocycles. The van der Waals surface area contributed by atoms with E-state index in [0.29, 0.717) is 5.75 Å². The molecule has 0 bridgehead atoms. The number of aliphatic hydroxyl groups is 1. The number of benzene rings is 1. The van der Waals surface area contributed by atoms with Crippen LogP contribution in [0.2, 0.25) is 0 Å². The van der Waals surface area contributed by atoms with Crippen molar-refractivity contribution < 1.29 is 14.9 Å². The Morgan fingerprint density at radius 2 is 1.92 bits per heavy atom. The molecule has 0 saturated heterocycles. The van der Waals surface area contributed by atoms with Gasteiger partial charge in [0, 0.05) is 6.54 Å². The number of phenolic OH excluding ortho intramolecular Hbond substituents is 1. The molecule has 4 nitrogen and oxygen atoms in total. The van der Waals surface area contributed by atoms with Crippen molar-refractivity contribution in [1.82, 2.24) is 0 Å². The standard InChI is InChI=1S/C9H13NO3/c10-5-8(12)6-13-9-3-1-7(11)2-4-9/h1-4,8,11-12H,5-6,10H2/t8-/m1/s1. The minimum atomic E-state index is -0.645. The Kier molecular flexibility index (Phi) is 3.54. The normalized spacial score (nSPS) is 12.5. The van der Waals surface area contributed by atoms with E-state index in [1.54, 1.807) is 12.1 Å². The van der Waals surface area contributed by atoms with Crippen molar-refractivity contribution in [2.45, 2.75) is 6.10 Å². The van der Waals surface area contributed by atoms with Gasteiger partial charge in [-0.2, -0.15) is 0 Å². The summed E-state index contributed by atoms with van der Waals surface area (Å²) in [5, 5.41) is 18.0. The number of hydrogen-bond acceptors (Lipinski definition) is 4. The van der Waals surface area contributed by atoms with Gasteiger partial charge in [-0.05, 0) is 24.3 Å². The SMILES string of the molecule is NC[C@@H](O)COc1ccc(O)cc1. The van der Waals surface area contributed by atoms with E-state index in [2.05, 4.69) is 0 Å². The summed E-state index contributed by atoms with van der Waals surface area (Å²) in [4.78, 5) is 0. The maximum absolute atomic E-state index is 9.07. The quantitative estimate of drug-likeness (QED) is 0.618. The third-order valence-corrected chi connectivity index (χ3v) is 1.55. The van der Waals surface area contributed by atoms with E-state index in [1.807, 2.05) is 0 Å². The number of hydrogen-bond donors (Lipinski definition) is 3. The summed E-state index contributed by atoms with van der Waals surface area (Å²) < 4.78 is 5.17. The molecule has 0 unspecified atom stereocenters. The maximum Gasteiger partial charge on any atom is 0.119 e. The Balaban J connectivity index is 2.41. The fourth-order valence-electron chi connectivity index (χ4n) is 0.803. The van der Waals surface area contributed by atoms with Crippen molar-refractivity contribution in [3.05, 3.63) is 24.3 Å². The molecule has 0 aliphatic heterocycles. The van der Waals surface area contributed by atoms with Gasteiger partial charge in [-0.15, -0.1) is 0 Å². The average Bonchev–Trinajstić information content (AvgIpc) is 2.16. The zero-order valence-corrected chi connectivity index (χ0v) is 7.18. The molecular weight excluding hydrogens is 170 g/mol. The fraction of sp³-hybridized carbons (Fsp3) is 0.333. The van der Waals surface area contributed by atoms with Crippen LogP contribution in [0, 0.1) is 0 Å². The van der Waals surface area contributed by atoms with Crippen LogP contribution in [0.3, 0.4) is 0 Å². The number of aromatic hydroxyl groups is 1. The van der Waals surface area contributed by atoms with Crippen molar-refractivity contribution in [1.29, 1.82) is 0 Å². The zero-order chi connectivity index (χ0) is 9.68. The predicted octanol–water partition coefficient (Wildman–Crippen LogP) is 0.0906. The van der Waals surface area contributed by atoms with E-state index in [9.17, 15) is 0 Å². The first-order valence-corrected chi connectivity index (χ1v) is 4.02. The first-order valence-electron chi connectivity index (χ1n) is 4.02. The predicted molar refractivity (Wildman–Crippen MR) is 48.7 cm³/mol. The monoisotopic (exact) mass is 183 g/mol. The number of phenols is 1. The average molecular weight is 183 g/mol. The molecule has 0 spiro atoms. The lowest BCUT2D eigenvalue weighted by molar-refractivity contribution is 0.114. The third kappa shape index (κ3) is 3.31. The molecular formula is C9H13NO3. The number of ether oxygens (including phenoxy) is 1. The van der Waals surface area contributed by atoms with E-state index in [-0.39, 0.29) is 18.9 Å². The van der Waals surface area contributed by atoms with Crippen molar-refractivity contribution >= 4 is 0 Å². The van der Waals surface area contributed by atoms with Gasteiger partial charge in [0.05, 0.1) is 0 Å². The molecule has 13 heavy (non-hydrogen) atoms. The summed E-state index contributed by atoms with van der Waals surface area (Å²) >= 11 is 0. The second kappa shape index (κ2) is 4.69. The zero-order valence-electron chi connectivity index (χ0n) is 7.18. The molecule has 0 aromatic heterocycles. The van der Waals surface area contributed by atoms with Crippen LogP contribution in [0.15, 0.2) is 24.3 Å². The highest BCUT2D eigenvalue weighted by Crippen LogP contribution is 2.15. The first kappa shape index (κ1) is 9.83. The summed E-state index contributed by atoms with van der Waals surface area (Å²) in [6.07, 6.45) is -0.645. The molecule has 1 rings (SSSR count). The summed E-state index contributed by atoms with van der Waals surface area (Å²) in [5.74, 6) is 0.789. The summed E-state index contributed by atoms with van der Waals surface area (Å²) in [5.41, 5.74) is 5.19. The third-order valence-electron chi connectivity index (χ3n) is 1.55. The van der Waals surface area contributed by atoms with Gasteiger partial charge >= 0.3 is 0 Å². The van der Waals surface area contributed by atoms with Gasteiger partial charge in [0.15, 0.2) is 0 Å². The second-order valence-electron chi connectivity index (χ2n) is 2.69. The lowest BCUT2D eigenvalue weighted by Gasteiger charge is -2.09. The Labute approximate surface area is 76.6 Å². The lowest BCUT2D eigenvalue weighted by Crippen LogP contribution is -2.26. The van der Waals surface area contributed by atoms with Gasteiger partial charge in [0.2, 0.25) is 0 Å². The van der Waals surface area contributed by atoms with Gasteiger partial charge < -0.3 is 20.7 Å². The van der Waals surface area contributed by atoms with Gasteiger partial charge in [0.25, 0.3) is 0 Å². The highest BCUT2D eigenvalue weighted by Gasteiger charge is 2.01. The Morgan fingerprint density at radius 3 is 2.46 bits per heavy atom. The van der Waals surface area contributed by atoms with Crippen molar-refractivity contribution in [3.8, 4) is 11.5 Å². The lowest BCUT2D eigenvalue weighted by atomic mass is 10.3. The summed E-state index contributed by atoms with van der Waals surface area (Å²) in [6, 6.07) is 6.28. The van der Waals surface area contributed by atoms with Crippen LogP contribution in [-0.2, 0) is 0 Å². The van der Waals surface area contributed by atoms with Gasteiger partial charge in [-0.3, -0.25) is 0 Å². The number of nitrogens with two attached hydrogens (primary N) is 1. The minimum Gasteiger partial charge on any atom is -0.508 e. The van der Waals surface area contributed by atoms with Crippen LogP contribution < -0.4 is 10.5 Å². The molecule has 0 aliphatic rings. The van der Waals surface area contributed by atoms with E-state index in [4.69, 9.17) is 20.7 Å². The van der Waals surface area contributed by atoms with Crippen LogP contribution in [-0.4, -0.2) is 29.5 Å². The molecule has 4 heteroatoms. The van der Waals surface area contributed by atoms with E-state index >= 15 is 0 Å². The smallest absolute Gasteiger partial charge is 0.119 e. The van der Waals surface area contributed by atoms with Gasteiger partial charge in [-0.1, -0.05) is 0 Å². The maximum atomic E-state index is 9.07. The second-order valence-corrected chi connectivity index (χ2v) is 2.69. The van der Waals surface area contributed by atoms with Gasteiger partial charge in [-0.25, -0.2) is 0 Å². The molecule has 0 radical (unpaired) electrons. The first-order chi connectivity index (χ1) is 6.22. The van der Waals surface area contributed by atoms with E-state index in [0.717, 1.165) is 0 Å². The summed E-state index contributed by atoms with van der Waals surface area (Å²) in [7, 11) is 0. The number of aliphatic hydroxyl groups excluding tert-OH is 1. The highest BCUT2D eigenvalue weighted by molar-refractivity contribution is 5.30. The van der Waals surface area contributed by atoms with Crippen molar-refractivity contribution in [3.63, 3.8) is 0 Å². The molecule has 4 N–H and O–H groups in total. The van der Waals surface area contributed by atoms with Crippen LogP contribution in [0.1, 0.15) is 0 Å². The molecule has 0 aliphatic carbocycles. The molecule has 0 amide bonds. The van der Waals surface area contributed by atoms with Crippen molar-refractivity contribution in [2.24, 2.45) is 5.73 Å². The molecule has 1 atom stereocenters. The molecule has 1 aromatic rings. The van der Waals surface area contributed by atoms with Crippen LogP contribution >= 0.6 is 0 Å². The van der Waals surface area contributed by atoms with E-state index in [1.165, 1.54) is 12.1 Å². The van der Waals surface area contributed by atoms with Crippen LogP contribution in [0.25, 0.3) is 0 Å². The Morgan fingerprint density at radius 1 is 1.31 bits per heavy atom. The number of rotatable bonds is 4. The van der Waals surface area contributed by atoms with Crippen LogP contribution in [0.4, 0.5) is 0 Å².